The second-order valence-corrected chi connectivity index (χ2v) is 9.85. The van der Waals surface area contributed by atoms with Gasteiger partial charge in [0.25, 0.3) is 0 Å². The molecule has 0 saturated heterocycles. The van der Waals surface area contributed by atoms with E-state index in [2.05, 4.69) is 42.8 Å². The van der Waals surface area contributed by atoms with Gasteiger partial charge in [-0.15, -0.1) is 0 Å². The number of ether oxygens (including phenoxy) is 1. The van der Waals surface area contributed by atoms with Crippen LogP contribution in [0, 0.1) is 20.8 Å². The first kappa shape index (κ1) is 27.1. The molecule has 1 atom stereocenters. The van der Waals surface area contributed by atoms with Crippen LogP contribution in [0.3, 0.4) is 0 Å². The van der Waals surface area contributed by atoms with Gasteiger partial charge in [0.15, 0.2) is 0 Å². The summed E-state index contributed by atoms with van der Waals surface area (Å²) in [5.41, 5.74) is 7.27. The number of carbonyl (C=O) groups is 2. The fourth-order valence-corrected chi connectivity index (χ4v) is 5.18. The predicted molar refractivity (Wildman–Crippen MR) is 154 cm³/mol. The minimum absolute atomic E-state index is 0.153. The van der Waals surface area contributed by atoms with Crippen molar-refractivity contribution in [3.8, 4) is 0 Å². The van der Waals surface area contributed by atoms with Crippen molar-refractivity contribution in [2.24, 2.45) is 0 Å². The van der Waals surface area contributed by atoms with Gasteiger partial charge in [0.2, 0.25) is 11.8 Å². The van der Waals surface area contributed by atoms with Gasteiger partial charge in [-0.25, -0.2) is 0 Å². The number of likely N-dealkylation sites (N-methyl/N-ethyl adjacent to an activating group) is 1. The fraction of sp³-hybridized carbons (Fsp3) is 0.312. The van der Waals surface area contributed by atoms with Crippen molar-refractivity contribution < 1.29 is 14.3 Å². The summed E-state index contributed by atoms with van der Waals surface area (Å²) in [5.74, 6) is -0.324. The van der Waals surface area contributed by atoms with Crippen molar-refractivity contribution in [1.82, 2.24) is 9.88 Å². The van der Waals surface area contributed by atoms with Crippen LogP contribution in [-0.2, 0) is 33.7 Å². The zero-order valence-corrected chi connectivity index (χ0v) is 23.0. The molecule has 38 heavy (non-hydrogen) atoms. The summed E-state index contributed by atoms with van der Waals surface area (Å²) in [6, 6.07) is 22.8. The number of aryl methyl sites for hydroxylation is 2. The molecule has 4 rings (SSSR count). The lowest BCUT2D eigenvalue weighted by Crippen LogP contribution is -2.49. The lowest BCUT2D eigenvalue weighted by atomic mass is 10.00. The number of methoxy groups -OCH3 is 1. The quantitative estimate of drug-likeness (QED) is 0.320. The second-order valence-electron chi connectivity index (χ2n) is 9.85. The first-order valence-electron chi connectivity index (χ1n) is 13.0. The SMILES string of the molecule is COCCn1c(C)c(CC(=O)N[C@@H](Cc2ccccc2)C(=O)N(C)c2ccccc2)c2c(C)ccc(C)c21. The van der Waals surface area contributed by atoms with E-state index in [0.29, 0.717) is 19.6 Å². The Balaban J connectivity index is 1.64. The van der Waals surface area contributed by atoms with E-state index in [1.807, 2.05) is 60.7 Å². The third-order valence-electron chi connectivity index (χ3n) is 7.25. The highest BCUT2D eigenvalue weighted by Gasteiger charge is 2.27. The van der Waals surface area contributed by atoms with Gasteiger partial charge >= 0.3 is 0 Å². The molecule has 0 radical (unpaired) electrons. The van der Waals surface area contributed by atoms with Gasteiger partial charge in [-0.3, -0.25) is 9.59 Å². The molecule has 0 aliphatic heterocycles. The summed E-state index contributed by atoms with van der Waals surface area (Å²) in [4.78, 5) is 28.8. The Morgan fingerprint density at radius 2 is 1.55 bits per heavy atom. The van der Waals surface area contributed by atoms with Crippen LogP contribution < -0.4 is 10.2 Å². The van der Waals surface area contributed by atoms with Crippen molar-refractivity contribution in [1.29, 1.82) is 0 Å². The Kier molecular flexibility index (Phi) is 8.64. The first-order valence-corrected chi connectivity index (χ1v) is 13.0. The second kappa shape index (κ2) is 12.1. The molecule has 4 aromatic rings. The Hall–Kier alpha value is -3.90. The number of rotatable bonds is 10. The normalized spacial score (nSPS) is 11.9. The monoisotopic (exact) mass is 511 g/mol. The molecule has 1 aromatic heterocycles. The fourth-order valence-electron chi connectivity index (χ4n) is 5.18. The number of hydrogen-bond acceptors (Lipinski definition) is 3. The van der Waals surface area contributed by atoms with E-state index in [9.17, 15) is 9.59 Å². The molecular formula is C32H37N3O3. The van der Waals surface area contributed by atoms with Crippen LogP contribution in [-0.4, -0.2) is 43.2 Å². The number of nitrogens with one attached hydrogen (secondary N) is 1. The highest BCUT2D eigenvalue weighted by atomic mass is 16.5. The minimum atomic E-state index is -0.694. The Morgan fingerprint density at radius 1 is 0.921 bits per heavy atom. The van der Waals surface area contributed by atoms with Crippen molar-refractivity contribution in [3.63, 3.8) is 0 Å². The summed E-state index contributed by atoms with van der Waals surface area (Å²) in [7, 11) is 3.45. The molecule has 1 N–H and O–H groups in total. The zero-order chi connectivity index (χ0) is 27.2. The number of carbonyl (C=O) groups excluding carboxylic acids is 2. The number of fused-ring (bicyclic) bond motifs is 1. The summed E-state index contributed by atoms with van der Waals surface area (Å²) >= 11 is 0. The summed E-state index contributed by atoms with van der Waals surface area (Å²) < 4.78 is 7.61. The molecule has 0 aliphatic rings. The number of hydrogen-bond donors (Lipinski definition) is 1. The maximum atomic E-state index is 13.6. The maximum absolute atomic E-state index is 13.6. The van der Waals surface area contributed by atoms with E-state index in [1.54, 1.807) is 19.1 Å². The third-order valence-corrected chi connectivity index (χ3v) is 7.25. The number of para-hydroxylation sites is 1. The molecule has 6 nitrogen and oxygen atoms in total. The Labute approximate surface area is 225 Å². The van der Waals surface area contributed by atoms with Crippen LogP contribution in [0.15, 0.2) is 72.8 Å². The van der Waals surface area contributed by atoms with Gasteiger partial charge in [-0.1, -0.05) is 60.7 Å². The van der Waals surface area contributed by atoms with Crippen LogP contribution in [0.1, 0.15) is 27.9 Å². The maximum Gasteiger partial charge on any atom is 0.249 e. The van der Waals surface area contributed by atoms with Crippen molar-refractivity contribution >= 4 is 28.4 Å². The van der Waals surface area contributed by atoms with Crippen molar-refractivity contribution in [3.05, 3.63) is 101 Å². The molecule has 198 valence electrons. The van der Waals surface area contributed by atoms with Crippen LogP contribution in [0.5, 0.6) is 0 Å². The van der Waals surface area contributed by atoms with E-state index < -0.39 is 6.04 Å². The molecule has 0 aliphatic carbocycles. The molecule has 2 amide bonds. The number of benzene rings is 3. The first-order chi connectivity index (χ1) is 18.3. The highest BCUT2D eigenvalue weighted by molar-refractivity contribution is 6.00. The van der Waals surface area contributed by atoms with E-state index in [1.165, 1.54) is 0 Å². The number of anilines is 1. The zero-order valence-electron chi connectivity index (χ0n) is 23.0. The molecule has 1 heterocycles. The number of amides is 2. The van der Waals surface area contributed by atoms with Crippen molar-refractivity contribution in [2.45, 2.75) is 46.2 Å². The lowest BCUT2D eigenvalue weighted by molar-refractivity contribution is -0.127. The molecule has 0 saturated carbocycles. The van der Waals surface area contributed by atoms with Gasteiger partial charge in [0.05, 0.1) is 18.5 Å². The number of aromatic nitrogens is 1. The molecule has 0 spiro atoms. The van der Waals surface area contributed by atoms with Gasteiger partial charge in [-0.2, -0.15) is 0 Å². The minimum Gasteiger partial charge on any atom is -0.383 e. The molecular weight excluding hydrogens is 474 g/mol. The van der Waals surface area contributed by atoms with E-state index in [0.717, 1.165) is 44.5 Å². The average Bonchev–Trinajstić information content (AvgIpc) is 3.21. The van der Waals surface area contributed by atoms with Gasteiger partial charge in [0.1, 0.15) is 6.04 Å². The van der Waals surface area contributed by atoms with E-state index >= 15 is 0 Å². The lowest BCUT2D eigenvalue weighted by Gasteiger charge is -2.25. The molecule has 0 bridgehead atoms. The van der Waals surface area contributed by atoms with Crippen LogP contribution in [0.2, 0.25) is 0 Å². The third kappa shape index (κ3) is 5.81. The largest absolute Gasteiger partial charge is 0.383 e. The molecule has 6 heteroatoms. The molecule has 3 aromatic carbocycles. The summed E-state index contributed by atoms with van der Waals surface area (Å²) in [6.45, 7) is 7.54. The summed E-state index contributed by atoms with van der Waals surface area (Å²) in [5, 5.41) is 4.19. The molecule has 0 fully saturated rings. The standard InChI is InChI=1S/C32H37N3O3/c1-22-16-17-23(2)31-30(22)27(24(3)35(31)18-19-38-5)21-29(36)33-28(20-25-12-8-6-9-13-25)32(37)34(4)26-14-10-7-11-15-26/h6-17,28H,18-21H2,1-5H3,(H,33,36)/t28-/m0/s1. The predicted octanol–water partition coefficient (Wildman–Crippen LogP) is 5.15. The number of nitrogens with zero attached hydrogens (tertiary/aromatic N) is 2. The van der Waals surface area contributed by atoms with E-state index in [4.69, 9.17) is 4.74 Å². The van der Waals surface area contributed by atoms with Crippen LogP contribution in [0.4, 0.5) is 5.69 Å². The van der Waals surface area contributed by atoms with Gasteiger partial charge in [-0.05, 0) is 55.2 Å². The van der Waals surface area contributed by atoms with E-state index in [-0.39, 0.29) is 18.2 Å². The topological polar surface area (TPSA) is 63.6 Å². The van der Waals surface area contributed by atoms with Gasteiger partial charge in [0, 0.05) is 43.9 Å². The smallest absolute Gasteiger partial charge is 0.249 e. The molecule has 0 unspecified atom stereocenters. The van der Waals surface area contributed by atoms with Crippen molar-refractivity contribution in [2.75, 3.05) is 25.7 Å². The summed E-state index contributed by atoms with van der Waals surface area (Å²) in [6.07, 6.45) is 0.607. The van der Waals surface area contributed by atoms with Gasteiger partial charge < -0.3 is 19.5 Å². The van der Waals surface area contributed by atoms with Crippen LogP contribution >= 0.6 is 0 Å². The average molecular weight is 512 g/mol. The highest BCUT2D eigenvalue weighted by Crippen LogP contribution is 2.31. The Morgan fingerprint density at radius 3 is 2.21 bits per heavy atom. The van der Waals surface area contributed by atoms with Crippen LogP contribution in [0.25, 0.3) is 10.9 Å². The Bertz CT molecular complexity index is 1410.